The second-order valence-corrected chi connectivity index (χ2v) is 3.89. The molecule has 0 saturated carbocycles. The Morgan fingerprint density at radius 1 is 1.19 bits per heavy atom. The summed E-state index contributed by atoms with van der Waals surface area (Å²) in [7, 11) is 0. The van der Waals surface area contributed by atoms with Gasteiger partial charge in [0, 0.05) is 11.5 Å². The number of hydrogen-bond donors (Lipinski definition) is 1. The summed E-state index contributed by atoms with van der Waals surface area (Å²) < 4.78 is 38.3. The topological polar surface area (TPSA) is 126 Å². The molecule has 0 spiro atoms. The highest BCUT2D eigenvalue weighted by molar-refractivity contribution is 5.95. The van der Waals surface area contributed by atoms with Crippen LogP contribution in [0.25, 0.3) is 10.9 Å². The van der Waals surface area contributed by atoms with Gasteiger partial charge in [-0.1, -0.05) is 0 Å². The summed E-state index contributed by atoms with van der Waals surface area (Å²) in [5.74, 6) is 0. The minimum absolute atomic E-state index is 0.522. The molecular formula is C10H3F3N4O4. The number of aromatic nitrogens is 1. The zero-order valence-electron chi connectivity index (χ0n) is 9.76. The van der Waals surface area contributed by atoms with Gasteiger partial charge in [0.1, 0.15) is 17.3 Å². The van der Waals surface area contributed by atoms with Crippen molar-refractivity contribution in [2.45, 2.75) is 6.18 Å². The van der Waals surface area contributed by atoms with Crippen molar-refractivity contribution in [3.05, 3.63) is 43.6 Å². The first kappa shape index (κ1) is 14.3. The predicted molar refractivity (Wildman–Crippen MR) is 61.3 cm³/mol. The molecule has 2 rings (SSSR count). The molecule has 0 bridgehead atoms. The number of nitro groups is 2. The van der Waals surface area contributed by atoms with Crippen molar-refractivity contribution in [2.24, 2.45) is 0 Å². The number of hydrogen-bond acceptors (Lipinski definition) is 5. The molecule has 1 aromatic heterocycles. The van der Waals surface area contributed by atoms with Crippen LogP contribution in [0, 0.1) is 31.6 Å². The molecule has 0 aliphatic rings. The highest BCUT2D eigenvalue weighted by atomic mass is 19.4. The van der Waals surface area contributed by atoms with E-state index in [1.807, 2.05) is 0 Å². The fourth-order valence-electron chi connectivity index (χ4n) is 1.84. The van der Waals surface area contributed by atoms with E-state index in [-0.39, 0.29) is 0 Å². The molecule has 0 aliphatic carbocycles. The van der Waals surface area contributed by atoms with Gasteiger partial charge in [0.25, 0.3) is 11.4 Å². The number of nitriles is 1. The molecule has 0 radical (unpaired) electrons. The van der Waals surface area contributed by atoms with Crippen LogP contribution < -0.4 is 0 Å². The molecule has 0 atom stereocenters. The number of rotatable bonds is 2. The Morgan fingerprint density at radius 2 is 1.81 bits per heavy atom. The van der Waals surface area contributed by atoms with Gasteiger partial charge in [-0.15, -0.1) is 0 Å². The standard InChI is InChI=1S/C10H3F3N4O4/c11-10(12,13)9-6(3-14)5-1-4(16(18)19)2-7(17(20)21)8(5)15-9/h1-2,15H. The molecule has 11 heteroatoms. The Balaban J connectivity index is 2.98. The van der Waals surface area contributed by atoms with Gasteiger partial charge in [0.2, 0.25) is 0 Å². The number of alkyl halides is 3. The van der Waals surface area contributed by atoms with Crippen LogP contribution in [0.2, 0.25) is 0 Å². The number of fused-ring (bicyclic) bond motifs is 1. The van der Waals surface area contributed by atoms with Crippen LogP contribution >= 0.6 is 0 Å². The third-order valence-corrected chi connectivity index (χ3v) is 2.67. The van der Waals surface area contributed by atoms with Gasteiger partial charge in [-0.25, -0.2) is 0 Å². The number of nitro benzene ring substituents is 2. The first-order valence-corrected chi connectivity index (χ1v) is 5.12. The summed E-state index contributed by atoms with van der Waals surface area (Å²) in [5, 5.41) is 29.8. The maximum atomic E-state index is 12.8. The van der Waals surface area contributed by atoms with E-state index in [9.17, 15) is 33.4 Å². The predicted octanol–water partition coefficient (Wildman–Crippen LogP) is 2.87. The second kappa shape index (κ2) is 4.44. The normalized spacial score (nSPS) is 11.3. The Kier molecular flexibility index (Phi) is 3.02. The van der Waals surface area contributed by atoms with Crippen LogP contribution in [-0.4, -0.2) is 14.8 Å². The Hall–Kier alpha value is -3.16. The molecule has 21 heavy (non-hydrogen) atoms. The lowest BCUT2D eigenvalue weighted by atomic mass is 10.1. The van der Waals surface area contributed by atoms with Gasteiger partial charge in [-0.3, -0.25) is 20.2 Å². The molecule has 0 amide bonds. The lowest BCUT2D eigenvalue weighted by molar-refractivity contribution is -0.393. The summed E-state index contributed by atoms with van der Waals surface area (Å²) in [4.78, 5) is 21.2. The minimum atomic E-state index is -4.95. The Bertz CT molecular complexity index is 818. The zero-order chi connectivity index (χ0) is 15.9. The van der Waals surface area contributed by atoms with E-state index in [1.54, 1.807) is 4.98 Å². The van der Waals surface area contributed by atoms with Crippen molar-refractivity contribution >= 4 is 22.3 Å². The summed E-state index contributed by atoms with van der Waals surface area (Å²) in [6, 6.07) is 2.48. The maximum Gasteiger partial charge on any atom is 0.432 e. The highest BCUT2D eigenvalue weighted by Gasteiger charge is 2.38. The molecule has 0 aliphatic heterocycles. The molecule has 108 valence electrons. The number of nitrogens with zero attached hydrogens (tertiary/aromatic N) is 3. The number of benzene rings is 1. The molecule has 1 aromatic carbocycles. The first-order chi connectivity index (χ1) is 9.66. The fourth-order valence-corrected chi connectivity index (χ4v) is 1.84. The maximum absolute atomic E-state index is 12.8. The number of H-pyrrole nitrogens is 1. The van der Waals surface area contributed by atoms with Crippen LogP contribution in [-0.2, 0) is 6.18 Å². The third-order valence-electron chi connectivity index (χ3n) is 2.67. The summed E-state index contributed by atoms with van der Waals surface area (Å²) >= 11 is 0. The van der Waals surface area contributed by atoms with Gasteiger partial charge in [0.05, 0.1) is 21.5 Å². The molecule has 2 aromatic rings. The van der Waals surface area contributed by atoms with Crippen LogP contribution in [0.5, 0.6) is 0 Å². The first-order valence-electron chi connectivity index (χ1n) is 5.12. The summed E-state index contributed by atoms with van der Waals surface area (Å²) in [6.45, 7) is 0. The number of nitrogens with one attached hydrogen (secondary N) is 1. The zero-order valence-corrected chi connectivity index (χ0v) is 9.76. The molecule has 1 N–H and O–H groups in total. The van der Waals surface area contributed by atoms with E-state index < -0.39 is 49.6 Å². The van der Waals surface area contributed by atoms with Crippen molar-refractivity contribution in [2.75, 3.05) is 0 Å². The molecule has 0 unspecified atom stereocenters. The van der Waals surface area contributed by atoms with E-state index in [1.165, 1.54) is 6.07 Å². The van der Waals surface area contributed by atoms with Gasteiger partial charge >= 0.3 is 6.18 Å². The average Bonchev–Trinajstić information content (AvgIpc) is 2.75. The smallest absolute Gasteiger partial charge is 0.344 e. The van der Waals surface area contributed by atoms with Crippen molar-refractivity contribution in [3.8, 4) is 6.07 Å². The van der Waals surface area contributed by atoms with Crippen molar-refractivity contribution in [3.63, 3.8) is 0 Å². The number of non-ortho nitro benzene ring substituents is 2. The van der Waals surface area contributed by atoms with Crippen molar-refractivity contribution in [1.82, 2.24) is 4.98 Å². The minimum Gasteiger partial charge on any atom is -0.344 e. The second-order valence-electron chi connectivity index (χ2n) is 3.89. The van der Waals surface area contributed by atoms with Crippen LogP contribution in [0.1, 0.15) is 11.3 Å². The molecule has 0 saturated heterocycles. The van der Waals surface area contributed by atoms with Crippen LogP contribution in [0.15, 0.2) is 12.1 Å². The van der Waals surface area contributed by atoms with Gasteiger partial charge in [-0.05, 0) is 0 Å². The van der Waals surface area contributed by atoms with Crippen LogP contribution in [0.3, 0.4) is 0 Å². The number of aromatic amines is 1. The largest absolute Gasteiger partial charge is 0.432 e. The fraction of sp³-hybridized carbons (Fsp3) is 0.100. The van der Waals surface area contributed by atoms with E-state index >= 15 is 0 Å². The van der Waals surface area contributed by atoms with E-state index in [2.05, 4.69) is 0 Å². The molecule has 8 nitrogen and oxygen atoms in total. The quantitative estimate of drug-likeness (QED) is 0.674. The molecule has 0 fully saturated rings. The number of halogens is 3. The van der Waals surface area contributed by atoms with Gasteiger partial charge in [-0.2, -0.15) is 18.4 Å². The van der Waals surface area contributed by atoms with E-state index in [0.29, 0.717) is 12.1 Å². The lowest BCUT2D eigenvalue weighted by Gasteiger charge is -2.02. The Morgan fingerprint density at radius 3 is 2.24 bits per heavy atom. The molecule has 1 heterocycles. The highest BCUT2D eigenvalue weighted by Crippen LogP contribution is 2.39. The molecular weight excluding hydrogens is 297 g/mol. The lowest BCUT2D eigenvalue weighted by Crippen LogP contribution is -2.07. The van der Waals surface area contributed by atoms with Crippen molar-refractivity contribution in [1.29, 1.82) is 5.26 Å². The summed E-state index contributed by atoms with van der Waals surface area (Å²) in [6.07, 6.45) is -4.95. The SMILES string of the molecule is N#Cc1c(C(F)(F)F)[nH]c2c([N+](=O)[O-])cc([N+](=O)[O-])cc12. The van der Waals surface area contributed by atoms with Gasteiger partial charge in [0.15, 0.2) is 0 Å². The monoisotopic (exact) mass is 300 g/mol. The third kappa shape index (κ3) is 2.22. The van der Waals surface area contributed by atoms with Crippen LogP contribution in [0.4, 0.5) is 24.5 Å². The van der Waals surface area contributed by atoms with E-state index in [0.717, 1.165) is 0 Å². The average molecular weight is 300 g/mol. The van der Waals surface area contributed by atoms with E-state index in [4.69, 9.17) is 5.26 Å². The van der Waals surface area contributed by atoms with Crippen molar-refractivity contribution < 1.29 is 23.0 Å². The summed E-state index contributed by atoms with van der Waals surface area (Å²) in [5.41, 5.74) is -4.69. The Labute approximate surface area is 112 Å². The van der Waals surface area contributed by atoms with Gasteiger partial charge < -0.3 is 4.98 Å².